The number of nitrogens with zero attached hydrogens (tertiary/aromatic N) is 1. The maximum absolute atomic E-state index is 14.0. The molecule has 1 saturated heterocycles. The zero-order valence-electron chi connectivity index (χ0n) is 11.8. The highest BCUT2D eigenvalue weighted by molar-refractivity contribution is 5.27. The number of hydrogen-bond acceptors (Lipinski definition) is 2. The minimum absolute atomic E-state index is 0.115. The number of halogens is 2. The molecule has 0 saturated carbocycles. The van der Waals surface area contributed by atoms with E-state index in [1.165, 1.54) is 12.1 Å². The zero-order valence-corrected chi connectivity index (χ0v) is 11.8. The molecule has 1 aliphatic heterocycles. The minimum Gasteiger partial charge on any atom is -0.327 e. The van der Waals surface area contributed by atoms with Gasteiger partial charge in [-0.1, -0.05) is 6.92 Å². The van der Waals surface area contributed by atoms with Gasteiger partial charge in [0.05, 0.1) is 0 Å². The van der Waals surface area contributed by atoms with Gasteiger partial charge in [0.25, 0.3) is 0 Å². The summed E-state index contributed by atoms with van der Waals surface area (Å²) < 4.78 is 27.6. The highest BCUT2D eigenvalue weighted by Gasteiger charge is 2.27. The van der Waals surface area contributed by atoms with Crippen LogP contribution in [0.2, 0.25) is 0 Å². The van der Waals surface area contributed by atoms with Crippen LogP contribution < -0.4 is 5.73 Å². The van der Waals surface area contributed by atoms with Crippen molar-refractivity contribution in [2.75, 3.05) is 13.1 Å². The summed E-state index contributed by atoms with van der Waals surface area (Å²) in [5.41, 5.74) is 6.78. The summed E-state index contributed by atoms with van der Waals surface area (Å²) >= 11 is 0. The Kier molecular flexibility index (Phi) is 4.21. The molecule has 19 heavy (non-hydrogen) atoms. The molecule has 0 aromatic heterocycles. The molecule has 0 spiro atoms. The fourth-order valence-electron chi connectivity index (χ4n) is 2.94. The van der Waals surface area contributed by atoms with Crippen molar-refractivity contribution < 1.29 is 8.78 Å². The molecule has 106 valence electrons. The molecule has 1 fully saturated rings. The Bertz CT molecular complexity index is 452. The molecule has 0 amide bonds. The largest absolute Gasteiger partial charge is 0.327 e. The van der Waals surface area contributed by atoms with Crippen LogP contribution in [0, 0.1) is 24.5 Å². The van der Waals surface area contributed by atoms with Crippen LogP contribution in [0.1, 0.15) is 37.4 Å². The van der Waals surface area contributed by atoms with Gasteiger partial charge in [-0.15, -0.1) is 0 Å². The van der Waals surface area contributed by atoms with Crippen LogP contribution in [0.4, 0.5) is 8.78 Å². The maximum atomic E-state index is 14.0. The number of hydrogen-bond donors (Lipinski definition) is 1. The second-order valence-corrected chi connectivity index (χ2v) is 5.85. The second-order valence-electron chi connectivity index (χ2n) is 5.85. The van der Waals surface area contributed by atoms with Crippen molar-refractivity contribution in [3.63, 3.8) is 0 Å². The first-order valence-corrected chi connectivity index (χ1v) is 6.83. The van der Waals surface area contributed by atoms with E-state index < -0.39 is 0 Å². The number of piperidine rings is 1. The van der Waals surface area contributed by atoms with Gasteiger partial charge in [0.15, 0.2) is 0 Å². The highest BCUT2D eigenvalue weighted by Crippen LogP contribution is 2.29. The summed E-state index contributed by atoms with van der Waals surface area (Å²) in [6.45, 7) is 7.25. The van der Waals surface area contributed by atoms with Gasteiger partial charge in [-0.3, -0.25) is 4.90 Å². The van der Waals surface area contributed by atoms with E-state index in [-0.39, 0.29) is 23.7 Å². The van der Waals surface area contributed by atoms with Crippen molar-refractivity contribution in [1.82, 2.24) is 4.90 Å². The number of nitrogens with two attached hydrogens (primary N) is 1. The van der Waals surface area contributed by atoms with Crippen LogP contribution in [0.15, 0.2) is 12.1 Å². The first kappa shape index (κ1) is 14.4. The van der Waals surface area contributed by atoms with E-state index in [4.69, 9.17) is 5.73 Å². The Labute approximate surface area is 113 Å². The molecule has 1 aliphatic rings. The van der Waals surface area contributed by atoms with Crippen LogP contribution in [-0.2, 0) is 0 Å². The molecule has 4 heteroatoms. The average molecular weight is 268 g/mol. The molecule has 2 N–H and O–H groups in total. The predicted octanol–water partition coefficient (Wildman–Crippen LogP) is 3.00. The van der Waals surface area contributed by atoms with Gasteiger partial charge in [0.2, 0.25) is 0 Å². The molecule has 1 aromatic rings. The van der Waals surface area contributed by atoms with Gasteiger partial charge in [-0.05, 0) is 43.9 Å². The highest BCUT2D eigenvalue weighted by atomic mass is 19.1. The van der Waals surface area contributed by atoms with Crippen molar-refractivity contribution in [2.45, 2.75) is 39.3 Å². The summed E-state index contributed by atoms with van der Waals surface area (Å²) in [7, 11) is 0. The molecule has 2 nitrogen and oxygen atoms in total. The molecule has 1 heterocycles. The van der Waals surface area contributed by atoms with Crippen LogP contribution in [-0.4, -0.2) is 24.0 Å². The van der Waals surface area contributed by atoms with E-state index in [9.17, 15) is 8.78 Å². The molecule has 0 bridgehead atoms. The Morgan fingerprint density at radius 1 is 1.26 bits per heavy atom. The van der Waals surface area contributed by atoms with Gasteiger partial charge in [-0.25, -0.2) is 8.78 Å². The SMILES string of the molecule is Cc1cc(F)c(C(C)N2CC(C)CC(N)C2)cc1F. The van der Waals surface area contributed by atoms with Crippen LogP contribution in [0.25, 0.3) is 0 Å². The standard InChI is InChI=1S/C15H22F2N2/c1-9-4-12(18)8-19(7-9)11(3)13-6-14(16)10(2)5-15(13)17/h5-6,9,11-12H,4,7-8,18H2,1-3H3. The van der Waals surface area contributed by atoms with Gasteiger partial charge in [0, 0.05) is 30.7 Å². The number of aryl methyl sites for hydroxylation is 1. The molecule has 3 atom stereocenters. The Hall–Kier alpha value is -1.00. The van der Waals surface area contributed by atoms with E-state index in [0.29, 0.717) is 17.0 Å². The summed E-state index contributed by atoms with van der Waals surface area (Å²) in [5, 5.41) is 0. The van der Waals surface area contributed by atoms with Crippen LogP contribution in [0.3, 0.4) is 0 Å². The second kappa shape index (κ2) is 5.55. The van der Waals surface area contributed by atoms with E-state index in [1.807, 2.05) is 6.92 Å². The average Bonchev–Trinajstić information content (AvgIpc) is 2.31. The molecular formula is C15H22F2N2. The summed E-state index contributed by atoms with van der Waals surface area (Å²) in [4.78, 5) is 2.14. The zero-order chi connectivity index (χ0) is 14.2. The lowest BCUT2D eigenvalue weighted by Gasteiger charge is -2.38. The lowest BCUT2D eigenvalue weighted by molar-refractivity contribution is 0.122. The third-order valence-electron chi connectivity index (χ3n) is 4.00. The van der Waals surface area contributed by atoms with Crippen molar-refractivity contribution >= 4 is 0 Å². The molecule has 3 unspecified atom stereocenters. The van der Waals surface area contributed by atoms with Crippen molar-refractivity contribution in [3.8, 4) is 0 Å². The minimum atomic E-state index is -0.349. The molecular weight excluding hydrogens is 246 g/mol. The first-order chi connectivity index (χ1) is 8.88. The number of likely N-dealkylation sites (tertiary alicyclic amines) is 1. The topological polar surface area (TPSA) is 29.3 Å². The number of rotatable bonds is 2. The Morgan fingerprint density at radius 2 is 1.95 bits per heavy atom. The fourth-order valence-corrected chi connectivity index (χ4v) is 2.94. The van der Waals surface area contributed by atoms with E-state index in [0.717, 1.165) is 19.5 Å². The molecule has 0 radical (unpaired) electrons. The van der Waals surface area contributed by atoms with E-state index in [1.54, 1.807) is 6.92 Å². The van der Waals surface area contributed by atoms with E-state index >= 15 is 0 Å². The monoisotopic (exact) mass is 268 g/mol. The van der Waals surface area contributed by atoms with Crippen LogP contribution in [0.5, 0.6) is 0 Å². The summed E-state index contributed by atoms with van der Waals surface area (Å²) in [6.07, 6.45) is 0.994. The maximum Gasteiger partial charge on any atom is 0.128 e. The van der Waals surface area contributed by atoms with Crippen molar-refractivity contribution in [2.24, 2.45) is 11.7 Å². The third kappa shape index (κ3) is 3.12. The van der Waals surface area contributed by atoms with Gasteiger partial charge >= 0.3 is 0 Å². The fraction of sp³-hybridized carbons (Fsp3) is 0.600. The lowest BCUT2D eigenvalue weighted by atomic mass is 9.93. The Morgan fingerprint density at radius 3 is 2.58 bits per heavy atom. The van der Waals surface area contributed by atoms with E-state index in [2.05, 4.69) is 11.8 Å². The molecule has 1 aromatic carbocycles. The predicted molar refractivity (Wildman–Crippen MR) is 72.8 cm³/mol. The van der Waals surface area contributed by atoms with Gasteiger partial charge < -0.3 is 5.73 Å². The van der Waals surface area contributed by atoms with Crippen LogP contribution >= 0.6 is 0 Å². The van der Waals surface area contributed by atoms with Gasteiger partial charge in [-0.2, -0.15) is 0 Å². The first-order valence-electron chi connectivity index (χ1n) is 6.83. The quantitative estimate of drug-likeness (QED) is 0.893. The van der Waals surface area contributed by atoms with Crippen molar-refractivity contribution in [1.29, 1.82) is 0 Å². The Balaban J connectivity index is 2.23. The smallest absolute Gasteiger partial charge is 0.128 e. The normalized spacial score (nSPS) is 26.4. The molecule has 2 rings (SSSR count). The number of benzene rings is 1. The van der Waals surface area contributed by atoms with Gasteiger partial charge in [0.1, 0.15) is 11.6 Å². The van der Waals surface area contributed by atoms with Crippen molar-refractivity contribution in [3.05, 3.63) is 34.9 Å². The summed E-state index contributed by atoms with van der Waals surface area (Å²) in [5.74, 6) is -0.194. The third-order valence-corrected chi connectivity index (χ3v) is 4.00. The summed E-state index contributed by atoms with van der Waals surface area (Å²) in [6, 6.07) is 2.56. The lowest BCUT2D eigenvalue weighted by Crippen LogP contribution is -2.47. The molecule has 0 aliphatic carbocycles.